The Morgan fingerprint density at radius 2 is 1.32 bits per heavy atom. The molecule has 0 amide bonds. The molecule has 59 heavy (non-hydrogen) atoms. The molecule has 0 radical (unpaired) electrons. The molecule has 1 saturated heterocycles. The van der Waals surface area contributed by atoms with Gasteiger partial charge in [-0.25, -0.2) is 24.0 Å². The Morgan fingerprint density at radius 3 is 2.00 bits per heavy atom. The number of hydrogen-bond donors (Lipinski definition) is 4. The molecule has 15 heteroatoms. The summed E-state index contributed by atoms with van der Waals surface area (Å²) in [4.78, 5) is 31.4. The number of pyridine rings is 4. The van der Waals surface area contributed by atoms with Crippen LogP contribution in [0.2, 0.25) is 0 Å². The molecule has 15 nitrogen and oxygen atoms in total. The molecule has 2 aliphatic rings. The highest BCUT2D eigenvalue weighted by Gasteiger charge is 2.27. The molecule has 2 unspecified atom stereocenters. The van der Waals surface area contributed by atoms with Gasteiger partial charge in [-0.3, -0.25) is 9.97 Å². The number of hydrogen-bond acceptors (Lipinski definition) is 10. The Morgan fingerprint density at radius 1 is 0.678 bits per heavy atom. The van der Waals surface area contributed by atoms with Gasteiger partial charge in [0.15, 0.2) is 5.65 Å². The van der Waals surface area contributed by atoms with Crippen molar-refractivity contribution in [3.05, 3.63) is 109 Å². The van der Waals surface area contributed by atoms with Crippen LogP contribution in [0.1, 0.15) is 74.0 Å². The van der Waals surface area contributed by atoms with Crippen LogP contribution in [0.5, 0.6) is 0 Å². The second-order valence-corrected chi connectivity index (χ2v) is 15.9. The van der Waals surface area contributed by atoms with Crippen molar-refractivity contribution in [2.75, 3.05) is 13.2 Å². The minimum Gasteiger partial charge on any atom is -0.381 e. The molecule has 1 aliphatic carbocycles. The molecule has 8 aromatic heterocycles. The summed E-state index contributed by atoms with van der Waals surface area (Å²) in [6, 6.07) is 21.7. The predicted octanol–water partition coefficient (Wildman–Crippen LogP) is 6.12. The number of nitrogens with one attached hydrogen (secondary N) is 4. The Bertz CT molecular complexity index is 2720. The van der Waals surface area contributed by atoms with Crippen molar-refractivity contribution in [3.8, 4) is 45.3 Å². The Kier molecular flexibility index (Phi) is 10.2. The zero-order valence-corrected chi connectivity index (χ0v) is 33.5. The first-order chi connectivity index (χ1) is 29.0. The van der Waals surface area contributed by atoms with Crippen molar-refractivity contribution in [2.45, 2.75) is 90.0 Å². The number of aromatic nitrogens is 12. The Balaban J connectivity index is 0.843. The number of ether oxygens (including phenoxy) is 1. The molecule has 0 bridgehead atoms. The number of H-pyrrole nitrogens is 2. The van der Waals surface area contributed by atoms with Crippen LogP contribution in [0.15, 0.2) is 85.7 Å². The maximum Gasteiger partial charge on any atom is 0.266 e. The molecule has 0 aromatic carbocycles. The monoisotopic (exact) mass is 789 g/mol. The second kappa shape index (κ2) is 16.2. The van der Waals surface area contributed by atoms with E-state index in [9.17, 15) is 0 Å². The quantitative estimate of drug-likeness (QED) is 0.0886. The van der Waals surface area contributed by atoms with Crippen molar-refractivity contribution >= 4 is 11.3 Å². The van der Waals surface area contributed by atoms with E-state index in [4.69, 9.17) is 29.8 Å². The van der Waals surface area contributed by atoms with Gasteiger partial charge in [0.05, 0.1) is 47.6 Å². The van der Waals surface area contributed by atoms with E-state index in [1.165, 1.54) is 0 Å². The first-order valence-corrected chi connectivity index (χ1v) is 20.8. The van der Waals surface area contributed by atoms with Crippen LogP contribution in [0.4, 0.5) is 0 Å². The van der Waals surface area contributed by atoms with E-state index in [2.05, 4.69) is 53.6 Å². The molecule has 2 atom stereocenters. The Labute approximate surface area is 341 Å². The molecule has 2 fully saturated rings. The summed E-state index contributed by atoms with van der Waals surface area (Å²) in [5.41, 5.74) is 11.0. The lowest BCUT2D eigenvalue weighted by molar-refractivity contribution is -0.701. The standard InChI is InChI=1S/C44H49N14O/c1-28-6-3-10-35(50-28)43-41(30-12-16-39-47-26-48-57(39)24-30)52-37(54-43)22-45-32-8-5-9-34(15-14-32)56-27-49-58-25-31(13-17-40(56)58)42-44(36-11-4-7-29(2)51-36)55-38(53-42)23-46-33-18-20-59-21-19-33/h3-4,6-7,10-13,16-17,24-27,32-34,45-46H,5,8-9,14-15,18-23H2,1-2H3,(H,52,54)(H,53,55)/q+1. The van der Waals surface area contributed by atoms with Crippen LogP contribution in [-0.2, 0) is 17.8 Å². The molecule has 0 spiro atoms. The van der Waals surface area contributed by atoms with E-state index in [1.807, 2.05) is 79.4 Å². The topological polar surface area (TPSA) is 168 Å². The zero-order valence-electron chi connectivity index (χ0n) is 33.5. The smallest absolute Gasteiger partial charge is 0.266 e. The van der Waals surface area contributed by atoms with Gasteiger partial charge in [-0.1, -0.05) is 16.6 Å². The largest absolute Gasteiger partial charge is 0.381 e. The average molecular weight is 790 g/mol. The second-order valence-electron chi connectivity index (χ2n) is 15.9. The van der Waals surface area contributed by atoms with Gasteiger partial charge in [0.25, 0.3) is 12.0 Å². The fourth-order valence-corrected chi connectivity index (χ4v) is 8.64. The van der Waals surface area contributed by atoms with Crippen LogP contribution in [0.25, 0.3) is 56.6 Å². The van der Waals surface area contributed by atoms with Crippen LogP contribution in [-0.4, -0.2) is 79.4 Å². The van der Waals surface area contributed by atoms with E-state index >= 15 is 0 Å². The maximum absolute atomic E-state index is 5.56. The number of imidazole rings is 2. The minimum absolute atomic E-state index is 0.353. The minimum atomic E-state index is 0.353. The molecule has 10 rings (SSSR count). The van der Waals surface area contributed by atoms with Crippen molar-refractivity contribution in [1.29, 1.82) is 0 Å². The van der Waals surface area contributed by atoms with Crippen molar-refractivity contribution < 1.29 is 9.30 Å². The van der Waals surface area contributed by atoms with E-state index in [1.54, 1.807) is 10.8 Å². The number of fused-ring (bicyclic) bond motifs is 2. The lowest BCUT2D eigenvalue weighted by Crippen LogP contribution is -2.38. The van der Waals surface area contributed by atoms with Crippen LogP contribution >= 0.6 is 0 Å². The molecular weight excluding hydrogens is 741 g/mol. The van der Waals surface area contributed by atoms with E-state index in [0.29, 0.717) is 31.2 Å². The third-order valence-corrected chi connectivity index (χ3v) is 11.8. The number of nitrogens with zero attached hydrogens (tertiary/aromatic N) is 10. The molecule has 4 N–H and O–H groups in total. The van der Waals surface area contributed by atoms with Crippen molar-refractivity contribution in [3.63, 3.8) is 0 Å². The van der Waals surface area contributed by atoms with Crippen molar-refractivity contribution in [1.82, 2.24) is 64.7 Å². The van der Waals surface area contributed by atoms with Crippen LogP contribution in [0.3, 0.4) is 0 Å². The van der Waals surface area contributed by atoms with Crippen molar-refractivity contribution in [2.24, 2.45) is 0 Å². The molecule has 9 heterocycles. The van der Waals surface area contributed by atoms with E-state index < -0.39 is 0 Å². The Hall–Kier alpha value is -6.16. The van der Waals surface area contributed by atoms with Gasteiger partial charge in [-0.15, -0.1) is 0 Å². The molecule has 8 aromatic rings. The van der Waals surface area contributed by atoms with Gasteiger partial charge in [-0.2, -0.15) is 5.10 Å². The molecule has 1 saturated carbocycles. The summed E-state index contributed by atoms with van der Waals surface area (Å²) in [5.74, 6) is 1.77. The third kappa shape index (κ3) is 7.88. The van der Waals surface area contributed by atoms with Gasteiger partial charge in [-0.05, 0) is 101 Å². The van der Waals surface area contributed by atoms with E-state index in [-0.39, 0.29) is 0 Å². The summed E-state index contributed by atoms with van der Waals surface area (Å²) < 4.78 is 11.7. The predicted molar refractivity (Wildman–Crippen MR) is 223 cm³/mol. The lowest BCUT2D eigenvalue weighted by atomic mass is 10.1. The fourth-order valence-electron chi connectivity index (χ4n) is 8.64. The fraction of sp³-hybridized carbons (Fsp3) is 0.364. The van der Waals surface area contributed by atoms with Gasteiger partial charge in [0.2, 0.25) is 0 Å². The van der Waals surface area contributed by atoms with Gasteiger partial charge in [0.1, 0.15) is 29.9 Å². The number of aryl methyl sites for hydroxylation is 2. The summed E-state index contributed by atoms with van der Waals surface area (Å²) in [7, 11) is 0. The first kappa shape index (κ1) is 37.1. The van der Waals surface area contributed by atoms with E-state index in [0.717, 1.165) is 138 Å². The first-order valence-electron chi connectivity index (χ1n) is 20.8. The lowest BCUT2D eigenvalue weighted by Gasteiger charge is -2.22. The van der Waals surface area contributed by atoms with Gasteiger partial charge < -0.3 is 25.3 Å². The third-order valence-electron chi connectivity index (χ3n) is 11.8. The highest BCUT2D eigenvalue weighted by Crippen LogP contribution is 2.32. The SMILES string of the molecule is Cc1cccc(-c2[nH]c(CNC3CCOCC3)nc2-c2ccc3n(c2)nc[n+]3C2CCCC(NCc3nc(-c4ccc5ncnn5c4)c(-c4cccc(C)n4)[nH]3)CC2)n1. The maximum atomic E-state index is 5.56. The molecule has 300 valence electrons. The molecular formula is C44H49N14O+. The summed E-state index contributed by atoms with van der Waals surface area (Å²) >= 11 is 0. The van der Waals surface area contributed by atoms with Gasteiger partial charge >= 0.3 is 0 Å². The van der Waals surface area contributed by atoms with Crippen LogP contribution < -0.4 is 15.2 Å². The average Bonchev–Trinajstić information content (AvgIpc) is 4.07. The van der Waals surface area contributed by atoms with Gasteiger partial charge in [0, 0.05) is 65.2 Å². The summed E-state index contributed by atoms with van der Waals surface area (Å²) in [6.07, 6.45) is 15.1. The number of aromatic amines is 2. The number of rotatable bonds is 11. The normalized spacial score (nSPS) is 17.9. The zero-order chi connectivity index (χ0) is 39.7. The summed E-state index contributed by atoms with van der Waals surface area (Å²) in [6.45, 7) is 6.91. The highest BCUT2D eigenvalue weighted by molar-refractivity contribution is 5.78. The van der Waals surface area contributed by atoms with Crippen LogP contribution in [0, 0.1) is 13.8 Å². The molecule has 1 aliphatic heterocycles. The highest BCUT2D eigenvalue weighted by atomic mass is 16.5. The summed E-state index contributed by atoms with van der Waals surface area (Å²) in [5, 5.41) is 16.7.